The molecule has 1 aliphatic rings. The number of Topliss-reactive ketones (excluding diaryl/α,β-unsaturated/α-hetero) is 1. The van der Waals surface area contributed by atoms with E-state index in [1.165, 1.54) is 22.3 Å². The van der Waals surface area contributed by atoms with Crippen LogP contribution in [0.3, 0.4) is 0 Å². The number of nitrogens with one attached hydrogen (secondary N) is 1. The van der Waals surface area contributed by atoms with Crippen molar-refractivity contribution in [2.24, 2.45) is 7.05 Å². The Labute approximate surface area is 205 Å². The fourth-order valence-corrected chi connectivity index (χ4v) is 5.04. The molecule has 0 aliphatic carbocycles. The van der Waals surface area contributed by atoms with Gasteiger partial charge in [0.25, 0.3) is 5.56 Å². The molecule has 0 spiro atoms. The molecule has 178 valence electrons. The molecule has 0 unspecified atom stereocenters. The van der Waals surface area contributed by atoms with Gasteiger partial charge in [-0.1, -0.05) is 35.9 Å². The fourth-order valence-electron chi connectivity index (χ4n) is 5.04. The Kier molecular flexibility index (Phi) is 5.99. The number of ketones is 1. The zero-order chi connectivity index (χ0) is 24.7. The lowest BCUT2D eigenvalue weighted by molar-refractivity contribution is 0.101. The average molecular weight is 467 g/mol. The van der Waals surface area contributed by atoms with Crippen molar-refractivity contribution in [3.63, 3.8) is 0 Å². The molecule has 0 saturated heterocycles. The lowest BCUT2D eigenvalue weighted by Crippen LogP contribution is -2.35. The first-order valence-corrected chi connectivity index (χ1v) is 12.0. The second-order valence-electron chi connectivity index (χ2n) is 9.58. The SMILES string of the molecule is CC(=O)c1cccc(-c2cc3c(n(C)c2=O)CCN(Cc2cn[nH]c2-c2cc(C)ccc2C)C3)c1. The largest absolute Gasteiger partial charge is 0.315 e. The van der Waals surface area contributed by atoms with Crippen LogP contribution in [0.15, 0.2) is 59.5 Å². The third kappa shape index (κ3) is 4.37. The number of aryl methyl sites for hydroxylation is 2. The quantitative estimate of drug-likeness (QED) is 0.428. The van der Waals surface area contributed by atoms with Crippen LogP contribution in [0.4, 0.5) is 0 Å². The van der Waals surface area contributed by atoms with Crippen molar-refractivity contribution >= 4 is 5.78 Å². The number of benzene rings is 2. The standard InChI is InChI=1S/C29H30N4O2/c1-18-8-9-19(2)25(12-18)28-24(15-30-31-28)17-33-11-10-27-23(16-33)14-26(29(35)32(27)4)22-7-5-6-21(13-22)20(3)34/h5-9,12-15H,10-11,16-17H2,1-4H3,(H,30,31). The number of carbonyl (C=O) groups is 1. The molecule has 35 heavy (non-hydrogen) atoms. The molecule has 6 nitrogen and oxygen atoms in total. The molecular formula is C29H30N4O2. The zero-order valence-corrected chi connectivity index (χ0v) is 20.7. The Balaban J connectivity index is 1.46. The number of nitrogens with zero attached hydrogens (tertiary/aromatic N) is 3. The fraction of sp³-hybridized carbons (Fsp3) is 0.276. The minimum absolute atomic E-state index is 0.00688. The van der Waals surface area contributed by atoms with Crippen LogP contribution in [-0.2, 0) is 26.6 Å². The number of rotatable bonds is 5. The topological polar surface area (TPSA) is 71.0 Å². The number of fused-ring (bicyclic) bond motifs is 1. The Morgan fingerprint density at radius 1 is 1.09 bits per heavy atom. The highest BCUT2D eigenvalue weighted by atomic mass is 16.1. The van der Waals surface area contributed by atoms with Gasteiger partial charge < -0.3 is 4.57 Å². The van der Waals surface area contributed by atoms with Crippen molar-refractivity contribution < 1.29 is 4.79 Å². The maximum atomic E-state index is 13.2. The normalized spacial score (nSPS) is 13.6. The highest BCUT2D eigenvalue weighted by molar-refractivity contribution is 5.95. The maximum Gasteiger partial charge on any atom is 0.258 e. The summed E-state index contributed by atoms with van der Waals surface area (Å²) >= 11 is 0. The Morgan fingerprint density at radius 3 is 2.71 bits per heavy atom. The Morgan fingerprint density at radius 2 is 1.91 bits per heavy atom. The van der Waals surface area contributed by atoms with Crippen LogP contribution in [0, 0.1) is 13.8 Å². The highest BCUT2D eigenvalue weighted by Crippen LogP contribution is 2.29. The van der Waals surface area contributed by atoms with Gasteiger partial charge in [0.05, 0.1) is 11.9 Å². The number of hydrogen-bond donors (Lipinski definition) is 1. The van der Waals surface area contributed by atoms with Crippen molar-refractivity contribution in [1.29, 1.82) is 0 Å². The van der Waals surface area contributed by atoms with E-state index in [2.05, 4.69) is 47.1 Å². The van der Waals surface area contributed by atoms with Crippen LogP contribution in [0.2, 0.25) is 0 Å². The van der Waals surface area contributed by atoms with Crippen LogP contribution >= 0.6 is 0 Å². The van der Waals surface area contributed by atoms with Crippen LogP contribution < -0.4 is 5.56 Å². The zero-order valence-electron chi connectivity index (χ0n) is 20.7. The summed E-state index contributed by atoms with van der Waals surface area (Å²) in [4.78, 5) is 27.5. The number of hydrogen-bond acceptors (Lipinski definition) is 4. The predicted molar refractivity (Wildman–Crippen MR) is 138 cm³/mol. The van der Waals surface area contributed by atoms with Crippen molar-refractivity contribution in [2.45, 2.75) is 40.3 Å². The number of H-pyrrole nitrogens is 1. The Hall–Kier alpha value is -3.77. The van der Waals surface area contributed by atoms with E-state index in [0.717, 1.165) is 48.6 Å². The van der Waals surface area contributed by atoms with E-state index < -0.39 is 0 Å². The summed E-state index contributed by atoms with van der Waals surface area (Å²) in [5, 5.41) is 7.57. The Bertz CT molecular complexity index is 1500. The van der Waals surface area contributed by atoms with Gasteiger partial charge in [0, 0.05) is 61.1 Å². The molecule has 0 fully saturated rings. The summed E-state index contributed by atoms with van der Waals surface area (Å²) in [7, 11) is 1.85. The van der Waals surface area contributed by atoms with Gasteiger partial charge >= 0.3 is 0 Å². The summed E-state index contributed by atoms with van der Waals surface area (Å²) in [6.45, 7) is 8.17. The van der Waals surface area contributed by atoms with Gasteiger partial charge in [-0.15, -0.1) is 0 Å². The van der Waals surface area contributed by atoms with Crippen LogP contribution in [0.25, 0.3) is 22.4 Å². The molecule has 0 radical (unpaired) electrons. The van der Waals surface area contributed by atoms with E-state index in [1.54, 1.807) is 17.6 Å². The molecule has 1 aliphatic heterocycles. The first-order chi connectivity index (χ1) is 16.8. The van der Waals surface area contributed by atoms with Gasteiger partial charge in [-0.25, -0.2) is 0 Å². The average Bonchev–Trinajstić information content (AvgIpc) is 3.30. The molecule has 0 amide bonds. The van der Waals surface area contributed by atoms with Crippen LogP contribution in [-0.4, -0.2) is 32.0 Å². The van der Waals surface area contributed by atoms with E-state index in [-0.39, 0.29) is 11.3 Å². The van der Waals surface area contributed by atoms with Gasteiger partial charge in [-0.2, -0.15) is 5.10 Å². The van der Waals surface area contributed by atoms with E-state index in [0.29, 0.717) is 11.1 Å². The van der Waals surface area contributed by atoms with Crippen LogP contribution in [0.1, 0.15) is 45.2 Å². The van der Waals surface area contributed by atoms with Gasteiger partial charge in [0.1, 0.15) is 0 Å². The molecule has 0 atom stereocenters. The monoisotopic (exact) mass is 466 g/mol. The smallest absolute Gasteiger partial charge is 0.258 e. The molecule has 0 bridgehead atoms. The molecule has 1 N–H and O–H groups in total. The second-order valence-corrected chi connectivity index (χ2v) is 9.58. The first-order valence-electron chi connectivity index (χ1n) is 12.0. The lowest BCUT2D eigenvalue weighted by Gasteiger charge is -2.30. The second kappa shape index (κ2) is 9.12. The third-order valence-corrected chi connectivity index (χ3v) is 7.04. The minimum Gasteiger partial charge on any atom is -0.315 e. The molecule has 0 saturated carbocycles. The van der Waals surface area contributed by atoms with Crippen molar-refractivity contribution in [1.82, 2.24) is 19.7 Å². The molecule has 3 heterocycles. The van der Waals surface area contributed by atoms with E-state index in [1.807, 2.05) is 37.5 Å². The van der Waals surface area contributed by atoms with E-state index in [9.17, 15) is 9.59 Å². The molecular weight excluding hydrogens is 436 g/mol. The third-order valence-electron chi connectivity index (χ3n) is 7.04. The number of aromatic amines is 1. The number of carbonyl (C=O) groups excluding carboxylic acids is 1. The lowest BCUT2D eigenvalue weighted by atomic mass is 9.97. The molecule has 5 rings (SSSR count). The van der Waals surface area contributed by atoms with Gasteiger partial charge in [-0.3, -0.25) is 19.6 Å². The van der Waals surface area contributed by atoms with Gasteiger partial charge in [0.2, 0.25) is 0 Å². The first kappa shape index (κ1) is 23.0. The summed E-state index contributed by atoms with van der Waals surface area (Å²) < 4.78 is 1.78. The van der Waals surface area contributed by atoms with Gasteiger partial charge in [-0.05, 0) is 55.7 Å². The molecule has 4 aromatic rings. The molecule has 2 aromatic heterocycles. The summed E-state index contributed by atoms with van der Waals surface area (Å²) in [5.74, 6) is -0.00688. The maximum absolute atomic E-state index is 13.2. The van der Waals surface area contributed by atoms with Crippen molar-refractivity contribution in [3.05, 3.63) is 98.6 Å². The van der Waals surface area contributed by atoms with E-state index >= 15 is 0 Å². The predicted octanol–water partition coefficient (Wildman–Crippen LogP) is 4.82. The molecule has 6 heteroatoms. The van der Waals surface area contributed by atoms with E-state index in [4.69, 9.17) is 0 Å². The van der Waals surface area contributed by atoms with Crippen molar-refractivity contribution in [2.75, 3.05) is 6.54 Å². The summed E-state index contributed by atoms with van der Waals surface area (Å²) in [6.07, 6.45) is 2.73. The summed E-state index contributed by atoms with van der Waals surface area (Å²) in [6, 6.07) is 15.8. The number of pyridine rings is 1. The van der Waals surface area contributed by atoms with Crippen molar-refractivity contribution in [3.8, 4) is 22.4 Å². The molecule has 2 aromatic carbocycles. The van der Waals surface area contributed by atoms with Gasteiger partial charge in [0.15, 0.2) is 5.78 Å². The minimum atomic E-state index is -0.0232. The number of aromatic nitrogens is 3. The summed E-state index contributed by atoms with van der Waals surface area (Å²) in [5.41, 5.74) is 10.1. The van der Waals surface area contributed by atoms with Crippen LogP contribution in [0.5, 0.6) is 0 Å². The highest BCUT2D eigenvalue weighted by Gasteiger charge is 2.23.